The number of ether oxygens (including phenoxy) is 1. The van der Waals surface area contributed by atoms with Crippen molar-refractivity contribution in [3.8, 4) is 0 Å². The van der Waals surface area contributed by atoms with Crippen LogP contribution in [0.3, 0.4) is 0 Å². The van der Waals surface area contributed by atoms with E-state index in [-0.39, 0.29) is 36.9 Å². The maximum absolute atomic E-state index is 12.9. The third-order valence-electron chi connectivity index (χ3n) is 4.92. The van der Waals surface area contributed by atoms with E-state index in [1.54, 1.807) is 12.3 Å². The first-order chi connectivity index (χ1) is 13.0. The molecule has 6 heteroatoms. The zero-order chi connectivity index (χ0) is 19.3. The standard InChI is InChI=1S/C21H25FN2O3/c1-2-3-18-19(14-15(8-12-23-18)21(26)10-11-21)27-13-9-20(25)24-17-6-4-16(22)5-7-17/h2,4-8,12,18-19,26H,1,3,9-11,13-14H2,(H,24,25)/t18-,19?/m0/s1. The van der Waals surface area contributed by atoms with E-state index in [9.17, 15) is 14.3 Å². The lowest BCUT2D eigenvalue weighted by Gasteiger charge is -2.25. The average Bonchev–Trinajstić information content (AvgIpc) is 3.42. The van der Waals surface area contributed by atoms with Gasteiger partial charge < -0.3 is 15.2 Å². The Kier molecular flexibility index (Phi) is 6.19. The van der Waals surface area contributed by atoms with Crippen LogP contribution in [0.25, 0.3) is 0 Å². The van der Waals surface area contributed by atoms with Crippen LogP contribution < -0.4 is 5.32 Å². The summed E-state index contributed by atoms with van der Waals surface area (Å²) in [6.45, 7) is 4.02. The highest BCUT2D eigenvalue weighted by Gasteiger charge is 2.45. The van der Waals surface area contributed by atoms with Crippen LogP contribution in [0, 0.1) is 5.82 Å². The number of nitrogens with zero attached hydrogens (tertiary/aromatic N) is 1. The van der Waals surface area contributed by atoms with Gasteiger partial charge in [0.1, 0.15) is 5.82 Å². The van der Waals surface area contributed by atoms with Gasteiger partial charge in [-0.05, 0) is 61.6 Å². The van der Waals surface area contributed by atoms with Crippen LogP contribution >= 0.6 is 0 Å². The lowest BCUT2D eigenvalue weighted by Crippen LogP contribution is -2.30. The third kappa shape index (κ3) is 5.34. The Hall–Kier alpha value is -2.31. The van der Waals surface area contributed by atoms with E-state index < -0.39 is 5.60 Å². The largest absolute Gasteiger partial charge is 0.385 e. The number of nitrogens with one attached hydrogen (secondary N) is 1. The SMILES string of the molecule is C=CC[C@@H]1N=CC=C(C2(O)CC2)CC1OCCC(=O)Nc1ccc(F)cc1. The number of aliphatic hydroxyl groups is 1. The van der Waals surface area contributed by atoms with Crippen LogP contribution in [0.2, 0.25) is 0 Å². The van der Waals surface area contributed by atoms with Gasteiger partial charge in [-0.25, -0.2) is 4.39 Å². The molecule has 0 spiro atoms. The molecule has 1 aromatic carbocycles. The molecule has 5 nitrogen and oxygen atoms in total. The summed E-state index contributed by atoms with van der Waals surface area (Å²) in [7, 11) is 0. The highest BCUT2D eigenvalue weighted by atomic mass is 19.1. The zero-order valence-electron chi connectivity index (χ0n) is 15.2. The first kappa shape index (κ1) is 19.5. The van der Waals surface area contributed by atoms with Gasteiger partial charge in [0.25, 0.3) is 0 Å². The van der Waals surface area contributed by atoms with Crippen LogP contribution in [0.1, 0.15) is 32.1 Å². The van der Waals surface area contributed by atoms with E-state index in [4.69, 9.17) is 4.74 Å². The molecule has 0 aromatic heterocycles. The Morgan fingerprint density at radius 1 is 1.41 bits per heavy atom. The van der Waals surface area contributed by atoms with Gasteiger partial charge in [0, 0.05) is 11.9 Å². The summed E-state index contributed by atoms with van der Waals surface area (Å²) in [5.41, 5.74) is 0.779. The van der Waals surface area contributed by atoms with Crippen LogP contribution in [-0.2, 0) is 9.53 Å². The van der Waals surface area contributed by atoms with Gasteiger partial charge in [-0.2, -0.15) is 0 Å². The van der Waals surface area contributed by atoms with Crippen LogP contribution in [0.15, 0.2) is 53.6 Å². The number of carbonyl (C=O) groups is 1. The fraction of sp³-hybridized carbons (Fsp3) is 0.429. The molecule has 0 radical (unpaired) electrons. The number of carbonyl (C=O) groups excluding carboxylic acids is 1. The molecule has 1 fully saturated rings. The number of hydrogen-bond acceptors (Lipinski definition) is 4. The first-order valence-electron chi connectivity index (χ1n) is 9.23. The van der Waals surface area contributed by atoms with E-state index in [1.165, 1.54) is 24.3 Å². The van der Waals surface area contributed by atoms with Crippen molar-refractivity contribution in [1.82, 2.24) is 0 Å². The number of aliphatic imine (C=N–C) groups is 1. The van der Waals surface area contributed by atoms with Gasteiger partial charge in [0.05, 0.1) is 30.8 Å². The molecule has 1 saturated carbocycles. The van der Waals surface area contributed by atoms with Gasteiger partial charge in [-0.1, -0.05) is 6.08 Å². The Bertz CT molecular complexity index is 738. The number of hydrogen-bond donors (Lipinski definition) is 2. The summed E-state index contributed by atoms with van der Waals surface area (Å²) >= 11 is 0. The topological polar surface area (TPSA) is 70.9 Å². The van der Waals surface area contributed by atoms with E-state index >= 15 is 0 Å². The van der Waals surface area contributed by atoms with Crippen molar-refractivity contribution in [3.63, 3.8) is 0 Å². The van der Waals surface area contributed by atoms with Gasteiger partial charge in [0.2, 0.25) is 5.91 Å². The smallest absolute Gasteiger partial charge is 0.226 e. The second-order valence-electron chi connectivity index (χ2n) is 7.03. The summed E-state index contributed by atoms with van der Waals surface area (Å²) < 4.78 is 18.9. The Labute approximate surface area is 158 Å². The minimum atomic E-state index is -0.712. The monoisotopic (exact) mass is 372 g/mol. The highest BCUT2D eigenvalue weighted by molar-refractivity contribution is 5.90. The molecule has 2 N–H and O–H groups in total. The number of benzene rings is 1. The lowest BCUT2D eigenvalue weighted by molar-refractivity contribution is -0.117. The number of anilines is 1. The molecule has 1 aromatic rings. The van der Waals surface area contributed by atoms with Gasteiger partial charge in [0.15, 0.2) is 0 Å². The van der Waals surface area contributed by atoms with E-state index in [0.29, 0.717) is 18.5 Å². The minimum absolute atomic E-state index is 0.0845. The Morgan fingerprint density at radius 2 is 2.15 bits per heavy atom. The van der Waals surface area contributed by atoms with Gasteiger partial charge in [-0.3, -0.25) is 9.79 Å². The second kappa shape index (κ2) is 8.59. The molecule has 1 heterocycles. The predicted molar refractivity (Wildman–Crippen MR) is 103 cm³/mol. The Balaban J connectivity index is 1.52. The average molecular weight is 372 g/mol. The molecule has 3 rings (SSSR count). The summed E-state index contributed by atoms with van der Waals surface area (Å²) in [6, 6.07) is 5.54. The quantitative estimate of drug-likeness (QED) is 0.687. The van der Waals surface area contributed by atoms with Crippen molar-refractivity contribution in [1.29, 1.82) is 0 Å². The van der Waals surface area contributed by atoms with Crippen LogP contribution in [-0.4, -0.2) is 41.6 Å². The van der Waals surface area contributed by atoms with Crippen molar-refractivity contribution in [2.24, 2.45) is 4.99 Å². The Morgan fingerprint density at radius 3 is 2.81 bits per heavy atom. The molecule has 2 atom stereocenters. The summed E-state index contributed by atoms with van der Waals surface area (Å²) in [6.07, 6.45) is 8.20. The van der Waals surface area contributed by atoms with E-state index in [2.05, 4.69) is 16.9 Å². The van der Waals surface area contributed by atoms with Crippen molar-refractivity contribution >= 4 is 17.8 Å². The molecular weight excluding hydrogens is 347 g/mol. The van der Waals surface area contributed by atoms with Crippen molar-refractivity contribution in [2.75, 3.05) is 11.9 Å². The zero-order valence-corrected chi connectivity index (χ0v) is 15.2. The molecule has 1 aliphatic carbocycles. The van der Waals surface area contributed by atoms with Crippen molar-refractivity contribution in [2.45, 2.75) is 49.9 Å². The molecule has 27 heavy (non-hydrogen) atoms. The number of amides is 1. The second-order valence-corrected chi connectivity index (χ2v) is 7.03. The highest BCUT2D eigenvalue weighted by Crippen LogP contribution is 2.44. The number of rotatable bonds is 8. The van der Waals surface area contributed by atoms with Crippen LogP contribution in [0.4, 0.5) is 10.1 Å². The maximum atomic E-state index is 12.9. The number of allylic oxidation sites excluding steroid dienone is 1. The molecule has 144 valence electrons. The molecule has 0 bridgehead atoms. The molecular formula is C21H25FN2O3. The van der Waals surface area contributed by atoms with Crippen molar-refractivity contribution in [3.05, 3.63) is 54.4 Å². The molecule has 2 aliphatic rings. The fourth-order valence-electron chi connectivity index (χ4n) is 3.16. The van der Waals surface area contributed by atoms with E-state index in [1.807, 2.05) is 6.08 Å². The molecule has 0 saturated heterocycles. The van der Waals surface area contributed by atoms with Crippen molar-refractivity contribution < 1.29 is 19.0 Å². The third-order valence-corrected chi connectivity index (χ3v) is 4.92. The predicted octanol–water partition coefficient (Wildman–Crippen LogP) is 3.41. The lowest BCUT2D eigenvalue weighted by atomic mass is 9.96. The number of halogens is 1. The summed E-state index contributed by atoms with van der Waals surface area (Å²) in [4.78, 5) is 16.6. The molecule has 1 unspecified atom stereocenters. The normalized spacial score (nSPS) is 23.3. The molecule has 1 amide bonds. The van der Waals surface area contributed by atoms with Gasteiger partial charge >= 0.3 is 0 Å². The molecule has 1 aliphatic heterocycles. The van der Waals surface area contributed by atoms with E-state index in [0.717, 1.165) is 18.4 Å². The van der Waals surface area contributed by atoms with Gasteiger partial charge in [-0.15, -0.1) is 6.58 Å². The maximum Gasteiger partial charge on any atom is 0.226 e. The minimum Gasteiger partial charge on any atom is -0.385 e. The first-order valence-corrected chi connectivity index (χ1v) is 9.23. The summed E-state index contributed by atoms with van der Waals surface area (Å²) in [5.74, 6) is -0.546. The van der Waals surface area contributed by atoms with Crippen LogP contribution in [0.5, 0.6) is 0 Å². The fourth-order valence-corrected chi connectivity index (χ4v) is 3.16. The summed E-state index contributed by atoms with van der Waals surface area (Å²) in [5, 5.41) is 13.1.